The standard InChI is InChI=1S/C19H29NO3/c1-12(2)7-14-11-20-6-5-13-8-18(22-3)19(23-4)9-15(13)16(20)10-17(14)21/h8-9,12,14,16-17,21H,5-7,10-11H2,1-4H3/t14-,16-,17+/m0/s1/i1D3,5D2,6D2,7D2,10D2,11D2,12D,14D/t12?,14-,16-,17+. The zero-order valence-electron chi connectivity index (χ0n) is 28.0. The van der Waals surface area contributed by atoms with Crippen LogP contribution >= 0.6 is 0 Å². The van der Waals surface area contributed by atoms with Crippen LogP contribution < -0.4 is 9.47 Å². The van der Waals surface area contributed by atoms with Gasteiger partial charge in [0.25, 0.3) is 0 Å². The number of aliphatic hydroxyl groups is 1. The highest BCUT2D eigenvalue weighted by Gasteiger charge is 2.38. The summed E-state index contributed by atoms with van der Waals surface area (Å²) in [5.74, 6) is -7.26. The van der Waals surface area contributed by atoms with Crippen molar-refractivity contribution in [2.45, 2.75) is 45.0 Å². The number of ether oxygens (including phenoxy) is 2. The molecule has 4 heteroatoms. The highest BCUT2D eigenvalue weighted by molar-refractivity contribution is 5.49. The molecule has 1 N–H and O–H groups in total. The van der Waals surface area contributed by atoms with Gasteiger partial charge < -0.3 is 14.6 Å². The number of piperidine rings is 1. The lowest BCUT2D eigenvalue weighted by atomic mass is 9.79. The van der Waals surface area contributed by atoms with E-state index < -0.39 is 68.5 Å². The van der Waals surface area contributed by atoms with Crippen molar-refractivity contribution in [3.63, 3.8) is 0 Å². The topological polar surface area (TPSA) is 41.9 Å². The van der Waals surface area contributed by atoms with E-state index in [-0.39, 0.29) is 22.0 Å². The summed E-state index contributed by atoms with van der Waals surface area (Å²) in [6.45, 7) is -10.2. The highest BCUT2D eigenvalue weighted by Crippen LogP contribution is 2.43. The van der Waals surface area contributed by atoms with Gasteiger partial charge in [-0.15, -0.1) is 0 Å². The van der Waals surface area contributed by atoms with Gasteiger partial charge in [0.05, 0.1) is 20.3 Å². The van der Waals surface area contributed by atoms with Gasteiger partial charge >= 0.3 is 0 Å². The molecule has 1 aromatic carbocycles. The number of aliphatic hydroxyl groups excluding tert-OH is 1. The molecule has 1 unspecified atom stereocenters. The summed E-state index contributed by atoms with van der Waals surface area (Å²) in [7, 11) is 2.45. The molecule has 2 aliphatic heterocycles. The Labute approximate surface area is 160 Å². The van der Waals surface area contributed by atoms with Gasteiger partial charge in [-0.1, -0.05) is 13.8 Å². The average Bonchev–Trinajstić information content (AvgIpc) is 2.77. The Hall–Kier alpha value is -1.26. The van der Waals surface area contributed by atoms with E-state index in [1.165, 1.54) is 14.2 Å². The minimum atomic E-state index is -3.86. The van der Waals surface area contributed by atoms with Crippen molar-refractivity contribution in [1.82, 2.24) is 4.90 Å². The summed E-state index contributed by atoms with van der Waals surface area (Å²) in [5.41, 5.74) is -0.815. The Balaban J connectivity index is 2.48. The molecule has 0 spiro atoms. The maximum absolute atomic E-state index is 11.2. The third kappa shape index (κ3) is 3.20. The van der Waals surface area contributed by atoms with E-state index in [0.29, 0.717) is 6.92 Å². The molecule has 1 saturated heterocycles. The van der Waals surface area contributed by atoms with Crippen molar-refractivity contribution in [3.05, 3.63) is 23.3 Å². The SMILES string of the molecule is [2H]C1([2H])[C@@H](O)[C@@]([2H])(C([2H])([2H])C([2H])(C)C([2H])([2H])[2H])C([2H])([2H])N2[C@@H]1c1cc(OC)c(OC)cc1C([2H])([2H])C2([2H])[2H]. The molecule has 0 saturated carbocycles. The van der Waals surface area contributed by atoms with Crippen LogP contribution in [-0.2, 0) is 6.37 Å². The second-order valence-electron chi connectivity index (χ2n) is 5.15. The molecule has 23 heavy (non-hydrogen) atoms. The largest absolute Gasteiger partial charge is 0.493 e. The van der Waals surface area contributed by atoms with Crippen LogP contribution in [0.5, 0.6) is 11.5 Å². The monoisotopic (exact) mass is 334 g/mol. The van der Waals surface area contributed by atoms with E-state index in [2.05, 4.69) is 0 Å². The first-order valence-corrected chi connectivity index (χ1v) is 7.00. The van der Waals surface area contributed by atoms with Gasteiger partial charge in [-0.3, -0.25) is 4.90 Å². The molecule has 2 aliphatic rings. The Morgan fingerprint density at radius 1 is 1.52 bits per heavy atom. The average molecular weight is 335 g/mol. The molecule has 3 rings (SSSR count). The maximum Gasteiger partial charge on any atom is 0.161 e. The second kappa shape index (κ2) is 6.70. The fourth-order valence-corrected chi connectivity index (χ4v) is 2.53. The summed E-state index contributed by atoms with van der Waals surface area (Å²) in [5, 5.41) is 11.2. The fourth-order valence-electron chi connectivity index (χ4n) is 2.53. The number of benzene rings is 1. The number of hydrogen-bond donors (Lipinski definition) is 1. The molecule has 0 aromatic heterocycles. The van der Waals surface area contributed by atoms with Crippen LogP contribution in [0.4, 0.5) is 0 Å². The first-order chi connectivity index (χ1) is 16.8. The van der Waals surface area contributed by atoms with E-state index in [1.54, 1.807) is 0 Å². The zero-order chi connectivity index (χ0) is 29.9. The summed E-state index contributed by atoms with van der Waals surface area (Å²) in [4.78, 5) is 0.00139. The van der Waals surface area contributed by atoms with Gasteiger partial charge in [0.1, 0.15) is 0 Å². The van der Waals surface area contributed by atoms with Crippen molar-refractivity contribution in [2.75, 3.05) is 27.2 Å². The molecular formula is C19H29NO3. The highest BCUT2D eigenvalue weighted by atomic mass is 16.5. The molecular weight excluding hydrogens is 290 g/mol. The van der Waals surface area contributed by atoms with Crippen LogP contribution in [-0.4, -0.2) is 43.3 Å². The molecule has 2 heterocycles. The molecule has 0 bridgehead atoms. The normalized spacial score (nSPS) is 52.8. The third-order valence-electron chi connectivity index (χ3n) is 3.57. The molecule has 0 radical (unpaired) electrons. The van der Waals surface area contributed by atoms with Gasteiger partial charge in [0, 0.05) is 39.6 Å². The third-order valence-corrected chi connectivity index (χ3v) is 3.57. The van der Waals surface area contributed by atoms with Crippen LogP contribution in [0.25, 0.3) is 0 Å². The minimum Gasteiger partial charge on any atom is -0.493 e. The van der Waals surface area contributed by atoms with Gasteiger partial charge in [-0.05, 0) is 54.2 Å². The summed E-state index contributed by atoms with van der Waals surface area (Å²) < 4.78 is 137. The van der Waals surface area contributed by atoms with Crippen LogP contribution in [0, 0.1) is 11.8 Å². The van der Waals surface area contributed by atoms with E-state index in [0.717, 1.165) is 12.1 Å². The predicted molar refractivity (Wildman–Crippen MR) is 91.1 cm³/mol. The fraction of sp³-hybridized carbons (Fsp3) is 0.684. The molecule has 4 atom stereocenters. The Morgan fingerprint density at radius 2 is 2.26 bits per heavy atom. The number of methoxy groups -OCH3 is 2. The summed E-state index contributed by atoms with van der Waals surface area (Å²) in [6.07, 6.45) is -13.2. The Morgan fingerprint density at radius 3 is 2.96 bits per heavy atom. The second-order valence-corrected chi connectivity index (χ2v) is 5.15. The van der Waals surface area contributed by atoms with Gasteiger partial charge in [-0.2, -0.15) is 0 Å². The first kappa shape index (κ1) is 6.23. The van der Waals surface area contributed by atoms with Crippen LogP contribution in [0.3, 0.4) is 0 Å². The zero-order valence-corrected chi connectivity index (χ0v) is 13.0. The number of hydrogen-bond acceptors (Lipinski definition) is 4. The lowest BCUT2D eigenvalue weighted by molar-refractivity contribution is -0.0191. The summed E-state index contributed by atoms with van der Waals surface area (Å²) >= 11 is 0. The maximum atomic E-state index is 11.2. The summed E-state index contributed by atoms with van der Waals surface area (Å²) in [6, 6.07) is -0.0129. The van der Waals surface area contributed by atoms with E-state index >= 15 is 0 Å². The predicted octanol–water partition coefficient (Wildman–Crippen LogP) is 3.03. The first-order valence-electron chi connectivity index (χ1n) is 14.5. The van der Waals surface area contributed by atoms with Crippen molar-refractivity contribution in [2.24, 2.45) is 11.8 Å². The van der Waals surface area contributed by atoms with E-state index in [9.17, 15) is 5.11 Å². The quantitative estimate of drug-likeness (QED) is 0.919. The number of aryl methyl sites for hydroxylation is 1. The molecule has 1 fully saturated rings. The van der Waals surface area contributed by atoms with Gasteiger partial charge in [0.2, 0.25) is 0 Å². The molecule has 1 aromatic rings. The number of rotatable bonds is 4. The Bertz CT molecular complexity index is 1120. The van der Waals surface area contributed by atoms with Crippen molar-refractivity contribution in [1.29, 1.82) is 0 Å². The number of fused-ring (bicyclic) bond motifs is 3. The molecule has 0 aliphatic carbocycles. The number of nitrogens with zero attached hydrogens (tertiary/aromatic N) is 1. The van der Waals surface area contributed by atoms with Crippen LogP contribution in [0.15, 0.2) is 12.1 Å². The van der Waals surface area contributed by atoms with Crippen molar-refractivity contribution < 1.29 is 35.1 Å². The van der Waals surface area contributed by atoms with E-state index in [4.69, 9.17) is 30.0 Å². The van der Waals surface area contributed by atoms with Gasteiger partial charge in [-0.25, -0.2) is 0 Å². The smallest absolute Gasteiger partial charge is 0.161 e. The van der Waals surface area contributed by atoms with Gasteiger partial charge in [0.15, 0.2) is 11.5 Å². The Kier molecular flexibility index (Phi) is 1.81. The van der Waals surface area contributed by atoms with Crippen LogP contribution in [0.1, 0.15) is 64.3 Å². The van der Waals surface area contributed by atoms with Crippen molar-refractivity contribution >= 4 is 0 Å². The molecule has 4 nitrogen and oxygen atoms in total. The lowest BCUT2D eigenvalue weighted by Gasteiger charge is -2.46. The minimum absolute atomic E-state index is 0.00139. The molecule has 128 valence electrons. The van der Waals surface area contributed by atoms with E-state index in [1.807, 2.05) is 0 Å². The van der Waals surface area contributed by atoms with Crippen LogP contribution in [0.2, 0.25) is 0 Å². The van der Waals surface area contributed by atoms with Crippen molar-refractivity contribution in [3.8, 4) is 11.5 Å². The lowest BCUT2D eigenvalue weighted by Crippen LogP contribution is -2.48. The molecule has 0 amide bonds.